The lowest BCUT2D eigenvalue weighted by Crippen LogP contribution is -2.20. The van der Waals surface area contributed by atoms with E-state index in [1.807, 2.05) is 0 Å². The Morgan fingerprint density at radius 3 is 2.54 bits per heavy atom. The van der Waals surface area contributed by atoms with Crippen molar-refractivity contribution in [1.82, 2.24) is 0 Å². The molecule has 0 spiro atoms. The summed E-state index contributed by atoms with van der Waals surface area (Å²) in [5, 5.41) is 3.47. The fourth-order valence-corrected chi connectivity index (χ4v) is 1.87. The molecule has 0 radical (unpaired) electrons. The van der Waals surface area contributed by atoms with Crippen molar-refractivity contribution in [3.05, 3.63) is 22.4 Å². The number of thiophene rings is 1. The van der Waals surface area contributed by atoms with Gasteiger partial charge in [0, 0.05) is 5.92 Å². The first kappa shape index (κ1) is 10.5. The molecule has 2 N–H and O–H groups in total. The first-order chi connectivity index (χ1) is 6.03. The van der Waals surface area contributed by atoms with Gasteiger partial charge in [-0.05, 0) is 28.9 Å². The van der Waals surface area contributed by atoms with Crippen molar-refractivity contribution in [3.63, 3.8) is 0 Å². The smallest absolute Gasteiger partial charge is 0.330 e. The van der Waals surface area contributed by atoms with Crippen molar-refractivity contribution in [2.45, 2.75) is 18.5 Å². The number of nitrogens with two attached hydrogens (primary N) is 1. The van der Waals surface area contributed by atoms with Crippen LogP contribution in [0.4, 0.5) is 13.2 Å². The Morgan fingerprint density at radius 1 is 1.46 bits per heavy atom. The number of halogens is 3. The summed E-state index contributed by atoms with van der Waals surface area (Å²) in [5.41, 5.74) is 5.96. The maximum Gasteiger partial charge on any atom is 0.389 e. The quantitative estimate of drug-likeness (QED) is 0.813. The molecule has 1 aromatic rings. The Bertz CT molecular complexity index is 242. The van der Waals surface area contributed by atoms with Gasteiger partial charge in [-0.2, -0.15) is 24.5 Å². The molecule has 1 aromatic heterocycles. The first-order valence-electron chi connectivity index (χ1n) is 3.82. The third-order valence-corrected chi connectivity index (χ3v) is 2.48. The van der Waals surface area contributed by atoms with E-state index in [0.717, 1.165) is 0 Å². The first-order valence-corrected chi connectivity index (χ1v) is 4.76. The molecule has 0 bridgehead atoms. The Hall–Kier alpha value is -0.550. The van der Waals surface area contributed by atoms with Gasteiger partial charge >= 0.3 is 6.18 Å². The zero-order chi connectivity index (χ0) is 9.90. The van der Waals surface area contributed by atoms with Crippen molar-refractivity contribution in [1.29, 1.82) is 0 Å². The molecule has 1 atom stereocenters. The van der Waals surface area contributed by atoms with Crippen LogP contribution in [0, 0.1) is 0 Å². The SMILES string of the molecule is NCC(CC(F)(F)F)c1ccsc1. The Labute approximate surface area is 78.4 Å². The highest BCUT2D eigenvalue weighted by atomic mass is 32.1. The lowest BCUT2D eigenvalue weighted by atomic mass is 9.99. The van der Waals surface area contributed by atoms with E-state index in [-0.39, 0.29) is 6.54 Å². The summed E-state index contributed by atoms with van der Waals surface area (Å²) in [6, 6.07) is 1.69. The molecule has 0 aliphatic carbocycles. The monoisotopic (exact) mass is 209 g/mol. The Balaban J connectivity index is 2.64. The van der Waals surface area contributed by atoms with Crippen molar-refractivity contribution < 1.29 is 13.2 Å². The summed E-state index contributed by atoms with van der Waals surface area (Å²) in [6.07, 6.45) is -4.97. The van der Waals surface area contributed by atoms with Gasteiger partial charge in [-0.1, -0.05) is 0 Å². The lowest BCUT2D eigenvalue weighted by molar-refractivity contribution is -0.138. The van der Waals surface area contributed by atoms with Crippen LogP contribution in [0.25, 0.3) is 0 Å². The molecular formula is C8H10F3NS. The van der Waals surface area contributed by atoms with E-state index >= 15 is 0 Å². The molecule has 0 saturated carbocycles. The molecule has 0 aromatic carbocycles. The standard InChI is InChI=1S/C8H10F3NS/c9-8(10,11)3-7(4-12)6-1-2-13-5-6/h1-2,5,7H,3-4,12H2. The van der Waals surface area contributed by atoms with Crippen LogP contribution in [-0.2, 0) is 0 Å². The summed E-state index contributed by atoms with van der Waals surface area (Å²) in [4.78, 5) is 0. The highest BCUT2D eigenvalue weighted by Gasteiger charge is 2.31. The zero-order valence-corrected chi connectivity index (χ0v) is 7.66. The van der Waals surface area contributed by atoms with E-state index in [1.54, 1.807) is 16.8 Å². The molecule has 0 amide bonds. The third kappa shape index (κ3) is 3.36. The zero-order valence-electron chi connectivity index (χ0n) is 6.84. The maximum absolute atomic E-state index is 12.0. The Kier molecular flexibility index (Phi) is 3.33. The van der Waals surface area contributed by atoms with Gasteiger partial charge in [0.15, 0.2) is 0 Å². The van der Waals surface area contributed by atoms with E-state index in [2.05, 4.69) is 0 Å². The van der Waals surface area contributed by atoms with Crippen LogP contribution in [0.1, 0.15) is 17.9 Å². The molecule has 74 valence electrons. The molecule has 0 aliphatic rings. The molecule has 0 saturated heterocycles. The summed E-state index contributed by atoms with van der Waals surface area (Å²) in [5.74, 6) is -0.591. The van der Waals surface area contributed by atoms with Gasteiger partial charge in [-0.25, -0.2) is 0 Å². The van der Waals surface area contributed by atoms with E-state index in [9.17, 15) is 13.2 Å². The largest absolute Gasteiger partial charge is 0.389 e. The van der Waals surface area contributed by atoms with E-state index < -0.39 is 18.5 Å². The van der Waals surface area contributed by atoms with Crippen molar-refractivity contribution in [2.24, 2.45) is 5.73 Å². The normalized spacial score (nSPS) is 14.5. The van der Waals surface area contributed by atoms with E-state index in [4.69, 9.17) is 5.73 Å². The molecule has 0 aliphatic heterocycles. The minimum absolute atomic E-state index is 0.0379. The summed E-state index contributed by atoms with van der Waals surface area (Å²) in [7, 11) is 0. The number of alkyl halides is 3. The lowest BCUT2D eigenvalue weighted by Gasteiger charge is -2.15. The van der Waals surface area contributed by atoms with Crippen LogP contribution in [0.3, 0.4) is 0 Å². The number of hydrogen-bond acceptors (Lipinski definition) is 2. The number of rotatable bonds is 3. The van der Waals surface area contributed by atoms with Crippen molar-refractivity contribution >= 4 is 11.3 Å². The molecule has 1 unspecified atom stereocenters. The topological polar surface area (TPSA) is 26.0 Å². The molecular weight excluding hydrogens is 199 g/mol. The molecule has 1 rings (SSSR count). The molecule has 13 heavy (non-hydrogen) atoms. The molecule has 1 heterocycles. The van der Waals surface area contributed by atoms with E-state index in [0.29, 0.717) is 5.56 Å². The molecule has 5 heteroatoms. The van der Waals surface area contributed by atoms with Gasteiger partial charge in [0.2, 0.25) is 0 Å². The average molecular weight is 209 g/mol. The number of hydrogen-bond donors (Lipinski definition) is 1. The van der Waals surface area contributed by atoms with Crippen molar-refractivity contribution in [3.8, 4) is 0 Å². The fraction of sp³-hybridized carbons (Fsp3) is 0.500. The Morgan fingerprint density at radius 2 is 2.15 bits per heavy atom. The third-order valence-electron chi connectivity index (χ3n) is 1.78. The van der Waals surface area contributed by atoms with Crippen LogP contribution in [0.5, 0.6) is 0 Å². The summed E-state index contributed by atoms with van der Waals surface area (Å²) < 4.78 is 36.1. The average Bonchev–Trinajstić information content (AvgIpc) is 2.50. The minimum atomic E-state index is -4.13. The van der Waals surface area contributed by atoms with Crippen LogP contribution in [0.2, 0.25) is 0 Å². The van der Waals surface area contributed by atoms with Crippen LogP contribution >= 0.6 is 11.3 Å². The summed E-state index contributed by atoms with van der Waals surface area (Å²) in [6.45, 7) is 0.0379. The van der Waals surface area contributed by atoms with Crippen LogP contribution in [-0.4, -0.2) is 12.7 Å². The fourth-order valence-electron chi connectivity index (χ4n) is 1.12. The second kappa shape index (κ2) is 4.11. The van der Waals surface area contributed by atoms with Crippen molar-refractivity contribution in [2.75, 3.05) is 6.54 Å². The van der Waals surface area contributed by atoms with Gasteiger partial charge in [0.1, 0.15) is 0 Å². The molecule has 0 fully saturated rings. The van der Waals surface area contributed by atoms with Gasteiger partial charge in [-0.15, -0.1) is 0 Å². The van der Waals surface area contributed by atoms with Gasteiger partial charge in [0.05, 0.1) is 6.42 Å². The van der Waals surface area contributed by atoms with Gasteiger partial charge in [-0.3, -0.25) is 0 Å². The predicted octanol–water partition coefficient (Wildman–Crippen LogP) is 2.74. The van der Waals surface area contributed by atoms with Crippen LogP contribution in [0.15, 0.2) is 16.8 Å². The van der Waals surface area contributed by atoms with Gasteiger partial charge in [0.25, 0.3) is 0 Å². The second-order valence-electron chi connectivity index (χ2n) is 2.81. The molecule has 1 nitrogen and oxygen atoms in total. The highest BCUT2D eigenvalue weighted by Crippen LogP contribution is 2.31. The minimum Gasteiger partial charge on any atom is -0.330 e. The second-order valence-corrected chi connectivity index (χ2v) is 3.59. The van der Waals surface area contributed by atoms with Crippen LogP contribution < -0.4 is 5.73 Å². The van der Waals surface area contributed by atoms with Gasteiger partial charge < -0.3 is 5.73 Å². The summed E-state index contributed by atoms with van der Waals surface area (Å²) >= 11 is 1.39. The maximum atomic E-state index is 12.0. The van der Waals surface area contributed by atoms with E-state index in [1.165, 1.54) is 11.3 Å². The highest BCUT2D eigenvalue weighted by molar-refractivity contribution is 7.07. The predicted molar refractivity (Wildman–Crippen MR) is 46.8 cm³/mol.